The van der Waals surface area contributed by atoms with Crippen molar-refractivity contribution in [2.75, 3.05) is 6.61 Å². The smallest absolute Gasteiger partial charge is 0.434 e. The second-order valence-electron chi connectivity index (χ2n) is 5.66. The van der Waals surface area contributed by atoms with E-state index in [-0.39, 0.29) is 0 Å². The van der Waals surface area contributed by atoms with Crippen LogP contribution in [0, 0.1) is 0 Å². The van der Waals surface area contributed by atoms with Crippen molar-refractivity contribution in [3.8, 4) is 5.75 Å². The first-order valence-electron chi connectivity index (χ1n) is 8.66. The molecule has 5 heteroatoms. The molecule has 2 aromatic carbocycles. The Morgan fingerprint density at radius 3 is 2.04 bits per heavy atom. The predicted molar refractivity (Wildman–Crippen MR) is 97.9 cm³/mol. The molecule has 0 bridgehead atoms. The van der Waals surface area contributed by atoms with Crippen molar-refractivity contribution >= 4 is 17.5 Å². The number of nitrogens with zero attached hydrogens (tertiary/aromatic N) is 2. The van der Waals surface area contributed by atoms with Gasteiger partial charge < -0.3 is 9.47 Å². The second-order valence-corrected chi connectivity index (χ2v) is 5.66. The Labute approximate surface area is 148 Å². The zero-order chi connectivity index (χ0) is 17.9. The van der Waals surface area contributed by atoms with E-state index < -0.39 is 6.16 Å². The minimum atomic E-state index is -0.685. The molecule has 0 spiro atoms. The quantitative estimate of drug-likeness (QED) is 0.243. The van der Waals surface area contributed by atoms with Crippen molar-refractivity contribution in [2.24, 2.45) is 10.2 Å². The number of hydrogen-bond donors (Lipinski definition) is 0. The van der Waals surface area contributed by atoms with Gasteiger partial charge in [0.05, 0.1) is 18.0 Å². The highest BCUT2D eigenvalue weighted by atomic mass is 16.7. The Bertz CT molecular complexity index is 679. The van der Waals surface area contributed by atoms with Crippen molar-refractivity contribution < 1.29 is 14.3 Å². The summed E-state index contributed by atoms with van der Waals surface area (Å²) < 4.78 is 10.0. The van der Waals surface area contributed by atoms with Gasteiger partial charge in [-0.15, -0.1) is 0 Å². The average molecular weight is 340 g/mol. The molecule has 5 nitrogen and oxygen atoms in total. The van der Waals surface area contributed by atoms with Crippen LogP contribution < -0.4 is 4.74 Å². The molecule has 0 heterocycles. The van der Waals surface area contributed by atoms with Crippen LogP contribution in [0.2, 0.25) is 0 Å². The molecule has 0 aliphatic heterocycles. The molecule has 0 aliphatic rings. The Kier molecular flexibility index (Phi) is 7.63. The summed E-state index contributed by atoms with van der Waals surface area (Å²) in [4.78, 5) is 11.5. The van der Waals surface area contributed by atoms with Gasteiger partial charge in [0.2, 0.25) is 0 Å². The van der Waals surface area contributed by atoms with Crippen molar-refractivity contribution in [3.05, 3.63) is 54.1 Å². The number of carbonyl (C=O) groups is 1. The first kappa shape index (κ1) is 18.6. The number of benzene rings is 2. The maximum absolute atomic E-state index is 11.5. The number of azo groups is 1. The monoisotopic (exact) mass is 340 g/mol. The summed E-state index contributed by atoms with van der Waals surface area (Å²) >= 11 is 0. The summed E-state index contributed by atoms with van der Waals surface area (Å²) in [6.07, 6.45) is 3.30. The van der Waals surface area contributed by atoms with Crippen LogP contribution in [0.25, 0.3) is 0 Å². The van der Waals surface area contributed by atoms with Crippen LogP contribution in [-0.2, 0) is 11.2 Å². The highest BCUT2D eigenvalue weighted by Crippen LogP contribution is 2.22. The summed E-state index contributed by atoms with van der Waals surface area (Å²) in [6.45, 7) is 4.56. The Morgan fingerprint density at radius 2 is 1.48 bits per heavy atom. The molecule has 0 saturated carbocycles. The third-order valence-corrected chi connectivity index (χ3v) is 3.51. The topological polar surface area (TPSA) is 60.2 Å². The fourth-order valence-electron chi connectivity index (χ4n) is 2.14. The zero-order valence-electron chi connectivity index (χ0n) is 14.8. The van der Waals surface area contributed by atoms with E-state index in [1.54, 1.807) is 24.3 Å². The van der Waals surface area contributed by atoms with Crippen LogP contribution in [0.3, 0.4) is 0 Å². The minimum absolute atomic E-state index is 0.374. The molecule has 0 atom stereocenters. The van der Waals surface area contributed by atoms with E-state index in [2.05, 4.69) is 29.3 Å². The summed E-state index contributed by atoms with van der Waals surface area (Å²) in [7, 11) is 0. The second kappa shape index (κ2) is 10.2. The van der Waals surface area contributed by atoms with Crippen molar-refractivity contribution in [2.45, 2.75) is 39.5 Å². The third-order valence-electron chi connectivity index (χ3n) is 3.51. The van der Waals surface area contributed by atoms with Gasteiger partial charge in [0.25, 0.3) is 0 Å². The molecule has 0 N–H and O–H groups in total. The van der Waals surface area contributed by atoms with Gasteiger partial charge in [0.15, 0.2) is 0 Å². The standard InChI is InChI=1S/C20H24N2O3/c1-3-5-15-24-20(23)25-19-13-11-18(12-14-19)22-21-17-9-7-16(6-4-2)8-10-17/h7-14H,3-6,15H2,1-2H3. The summed E-state index contributed by atoms with van der Waals surface area (Å²) in [5.74, 6) is 0.421. The van der Waals surface area contributed by atoms with Gasteiger partial charge in [-0.2, -0.15) is 10.2 Å². The van der Waals surface area contributed by atoms with Gasteiger partial charge in [-0.1, -0.05) is 38.8 Å². The maximum atomic E-state index is 11.5. The summed E-state index contributed by atoms with van der Waals surface area (Å²) in [6, 6.07) is 14.9. The molecular weight excluding hydrogens is 316 g/mol. The van der Waals surface area contributed by atoms with E-state index in [0.717, 1.165) is 31.4 Å². The van der Waals surface area contributed by atoms with E-state index in [9.17, 15) is 4.79 Å². The Morgan fingerprint density at radius 1 is 0.880 bits per heavy atom. The van der Waals surface area contributed by atoms with Crippen molar-refractivity contribution in [1.29, 1.82) is 0 Å². The Balaban J connectivity index is 1.87. The van der Waals surface area contributed by atoms with Gasteiger partial charge in [0.1, 0.15) is 5.75 Å². The van der Waals surface area contributed by atoms with E-state index in [4.69, 9.17) is 9.47 Å². The van der Waals surface area contributed by atoms with Crippen LogP contribution in [0.5, 0.6) is 5.75 Å². The molecule has 0 aromatic heterocycles. The lowest BCUT2D eigenvalue weighted by molar-refractivity contribution is 0.0978. The molecule has 0 fully saturated rings. The molecule has 132 valence electrons. The molecule has 0 unspecified atom stereocenters. The molecule has 0 radical (unpaired) electrons. The number of unbranched alkanes of at least 4 members (excludes halogenated alkanes) is 1. The Hall–Kier alpha value is -2.69. The van der Waals surface area contributed by atoms with Crippen molar-refractivity contribution in [1.82, 2.24) is 0 Å². The fraction of sp³-hybridized carbons (Fsp3) is 0.350. The summed E-state index contributed by atoms with van der Waals surface area (Å²) in [5, 5.41) is 8.40. The fourth-order valence-corrected chi connectivity index (χ4v) is 2.14. The van der Waals surface area contributed by atoms with E-state index in [0.29, 0.717) is 18.0 Å². The average Bonchev–Trinajstić information content (AvgIpc) is 2.63. The third kappa shape index (κ3) is 6.75. The van der Waals surface area contributed by atoms with Gasteiger partial charge in [-0.25, -0.2) is 4.79 Å². The maximum Gasteiger partial charge on any atom is 0.513 e. The van der Waals surface area contributed by atoms with Crippen LogP contribution in [0.15, 0.2) is 58.8 Å². The zero-order valence-corrected chi connectivity index (χ0v) is 14.8. The lowest BCUT2D eigenvalue weighted by Crippen LogP contribution is -2.11. The predicted octanol–water partition coefficient (Wildman–Crippen LogP) is 6.37. The number of hydrogen-bond acceptors (Lipinski definition) is 5. The first-order valence-corrected chi connectivity index (χ1v) is 8.66. The van der Waals surface area contributed by atoms with Gasteiger partial charge in [-0.05, 0) is 54.8 Å². The highest BCUT2D eigenvalue weighted by molar-refractivity contribution is 5.64. The van der Waals surface area contributed by atoms with Crippen LogP contribution >= 0.6 is 0 Å². The number of aryl methyl sites for hydroxylation is 1. The molecule has 25 heavy (non-hydrogen) atoms. The molecule has 2 aromatic rings. The van der Waals surface area contributed by atoms with Gasteiger partial charge in [0, 0.05) is 0 Å². The molecule has 0 aliphatic carbocycles. The number of ether oxygens (including phenoxy) is 2. The van der Waals surface area contributed by atoms with Crippen LogP contribution in [-0.4, -0.2) is 12.8 Å². The normalized spacial score (nSPS) is 10.8. The van der Waals surface area contributed by atoms with E-state index >= 15 is 0 Å². The molecule has 0 amide bonds. The molecule has 2 rings (SSSR count). The highest BCUT2D eigenvalue weighted by Gasteiger charge is 2.05. The lowest BCUT2D eigenvalue weighted by Gasteiger charge is -2.05. The van der Waals surface area contributed by atoms with E-state index in [1.165, 1.54) is 5.56 Å². The first-order chi connectivity index (χ1) is 12.2. The largest absolute Gasteiger partial charge is 0.513 e. The minimum Gasteiger partial charge on any atom is -0.434 e. The van der Waals surface area contributed by atoms with Crippen LogP contribution in [0.4, 0.5) is 16.2 Å². The van der Waals surface area contributed by atoms with E-state index in [1.807, 2.05) is 19.1 Å². The molecule has 0 saturated heterocycles. The van der Waals surface area contributed by atoms with Gasteiger partial charge >= 0.3 is 6.16 Å². The summed E-state index contributed by atoms with van der Waals surface area (Å²) in [5.41, 5.74) is 2.79. The lowest BCUT2D eigenvalue weighted by atomic mass is 10.1. The molecular formula is C20H24N2O3. The SMILES string of the molecule is CCCCOC(=O)Oc1ccc(N=Nc2ccc(CCC)cc2)cc1. The van der Waals surface area contributed by atoms with Crippen molar-refractivity contribution in [3.63, 3.8) is 0 Å². The number of carbonyl (C=O) groups excluding carboxylic acids is 1. The van der Waals surface area contributed by atoms with Crippen LogP contribution in [0.1, 0.15) is 38.7 Å². The number of rotatable bonds is 8. The van der Waals surface area contributed by atoms with Gasteiger partial charge in [-0.3, -0.25) is 0 Å².